The Labute approximate surface area is 138 Å². The molecular formula is C16H18IN3O. The van der Waals surface area contributed by atoms with Crippen LogP contribution in [0.3, 0.4) is 0 Å². The van der Waals surface area contributed by atoms with Crippen LogP contribution >= 0.6 is 22.6 Å². The average molecular weight is 395 g/mol. The number of aromatic nitrogens is 1. The topological polar surface area (TPSA) is 54.0 Å². The van der Waals surface area contributed by atoms with E-state index in [2.05, 4.69) is 45.1 Å². The van der Waals surface area contributed by atoms with Crippen molar-refractivity contribution in [2.45, 2.75) is 19.8 Å². The third-order valence-electron chi connectivity index (χ3n) is 3.00. The number of nitrogens with zero attached hydrogens (tertiary/aromatic N) is 1. The van der Waals surface area contributed by atoms with E-state index in [0.717, 1.165) is 27.8 Å². The highest BCUT2D eigenvalue weighted by molar-refractivity contribution is 14.1. The lowest BCUT2D eigenvalue weighted by Crippen LogP contribution is -2.13. The minimum absolute atomic E-state index is 0.118. The first kappa shape index (κ1) is 15.8. The molecule has 0 fully saturated rings. The molecule has 0 aliphatic rings. The summed E-state index contributed by atoms with van der Waals surface area (Å²) >= 11 is 2.24. The van der Waals surface area contributed by atoms with Crippen molar-refractivity contribution in [1.82, 2.24) is 4.98 Å². The molecule has 0 saturated heterocycles. The first-order valence-electron chi connectivity index (χ1n) is 6.88. The van der Waals surface area contributed by atoms with E-state index in [1.165, 1.54) is 0 Å². The van der Waals surface area contributed by atoms with E-state index in [0.29, 0.717) is 11.4 Å². The first-order valence-corrected chi connectivity index (χ1v) is 7.96. The molecule has 4 nitrogen and oxygen atoms in total. The lowest BCUT2D eigenvalue weighted by Gasteiger charge is -2.09. The number of hydrogen-bond acceptors (Lipinski definition) is 3. The predicted molar refractivity (Wildman–Crippen MR) is 94.9 cm³/mol. The van der Waals surface area contributed by atoms with Crippen molar-refractivity contribution < 1.29 is 4.79 Å². The molecule has 0 atom stereocenters. The molecule has 0 unspecified atom stereocenters. The zero-order valence-electron chi connectivity index (χ0n) is 12.1. The highest BCUT2D eigenvalue weighted by Gasteiger charge is 2.10. The van der Waals surface area contributed by atoms with Gasteiger partial charge in [-0.3, -0.25) is 4.79 Å². The third-order valence-corrected chi connectivity index (χ3v) is 3.72. The molecule has 1 aromatic carbocycles. The van der Waals surface area contributed by atoms with Crippen molar-refractivity contribution in [2.75, 3.05) is 17.7 Å². The van der Waals surface area contributed by atoms with Crippen molar-refractivity contribution in [3.63, 3.8) is 0 Å². The maximum absolute atomic E-state index is 12.4. The Morgan fingerprint density at radius 2 is 1.95 bits per heavy atom. The summed E-state index contributed by atoms with van der Waals surface area (Å²) in [6.45, 7) is 2.10. The van der Waals surface area contributed by atoms with Crippen LogP contribution in [0.15, 0.2) is 36.4 Å². The van der Waals surface area contributed by atoms with Crippen LogP contribution in [0.4, 0.5) is 11.5 Å². The molecule has 110 valence electrons. The van der Waals surface area contributed by atoms with Crippen LogP contribution < -0.4 is 10.6 Å². The van der Waals surface area contributed by atoms with Crippen LogP contribution in [0.25, 0.3) is 0 Å². The van der Waals surface area contributed by atoms with Gasteiger partial charge in [0.1, 0.15) is 5.82 Å². The predicted octanol–water partition coefficient (Wildman–Crippen LogP) is 3.93. The molecule has 5 heteroatoms. The van der Waals surface area contributed by atoms with Crippen molar-refractivity contribution in [2.24, 2.45) is 0 Å². The summed E-state index contributed by atoms with van der Waals surface area (Å²) in [5.74, 6) is 0.598. The number of aryl methyl sites for hydroxylation is 1. The number of anilines is 2. The van der Waals surface area contributed by atoms with E-state index >= 15 is 0 Å². The maximum Gasteiger partial charge on any atom is 0.255 e. The fourth-order valence-electron chi connectivity index (χ4n) is 1.97. The SMILES string of the molecule is CCCc1cc(C(=O)Nc2ccc(I)cc2)cc(NC)n1. The van der Waals surface area contributed by atoms with Crippen molar-refractivity contribution in [1.29, 1.82) is 0 Å². The lowest BCUT2D eigenvalue weighted by atomic mass is 10.1. The smallest absolute Gasteiger partial charge is 0.255 e. The Morgan fingerprint density at radius 3 is 2.57 bits per heavy atom. The normalized spacial score (nSPS) is 10.2. The molecule has 0 aliphatic heterocycles. The van der Waals surface area contributed by atoms with Crippen LogP contribution in [0.2, 0.25) is 0 Å². The van der Waals surface area contributed by atoms with Gasteiger partial charge >= 0.3 is 0 Å². The molecule has 0 bridgehead atoms. The zero-order chi connectivity index (χ0) is 15.2. The Hall–Kier alpha value is -1.63. The Kier molecular flexibility index (Phi) is 5.55. The van der Waals surface area contributed by atoms with Gasteiger partial charge in [0.25, 0.3) is 5.91 Å². The molecule has 1 heterocycles. The van der Waals surface area contributed by atoms with Gasteiger partial charge in [0, 0.05) is 27.6 Å². The molecular weight excluding hydrogens is 377 g/mol. The number of halogens is 1. The number of carbonyl (C=O) groups excluding carboxylic acids is 1. The highest BCUT2D eigenvalue weighted by atomic mass is 127. The van der Waals surface area contributed by atoms with E-state index in [1.54, 1.807) is 13.1 Å². The van der Waals surface area contributed by atoms with Crippen LogP contribution in [-0.2, 0) is 6.42 Å². The largest absolute Gasteiger partial charge is 0.373 e. The standard InChI is InChI=1S/C16H18IN3O/c1-3-4-14-9-11(10-15(18-2)19-14)16(21)20-13-7-5-12(17)6-8-13/h5-10H,3-4H2,1-2H3,(H,18,19)(H,20,21). The summed E-state index contributed by atoms with van der Waals surface area (Å²) in [5.41, 5.74) is 2.34. The van der Waals surface area contributed by atoms with E-state index < -0.39 is 0 Å². The van der Waals surface area contributed by atoms with Gasteiger partial charge in [-0.2, -0.15) is 0 Å². The Morgan fingerprint density at radius 1 is 1.24 bits per heavy atom. The number of amides is 1. The molecule has 2 N–H and O–H groups in total. The van der Waals surface area contributed by atoms with Gasteiger partial charge in [0.2, 0.25) is 0 Å². The number of carbonyl (C=O) groups is 1. The van der Waals surface area contributed by atoms with Gasteiger partial charge in [0.05, 0.1) is 0 Å². The molecule has 2 rings (SSSR count). The summed E-state index contributed by atoms with van der Waals surface area (Å²) in [7, 11) is 1.80. The van der Waals surface area contributed by atoms with Gasteiger partial charge in [-0.05, 0) is 65.4 Å². The van der Waals surface area contributed by atoms with E-state index in [1.807, 2.05) is 30.3 Å². The second-order valence-electron chi connectivity index (χ2n) is 4.69. The first-order chi connectivity index (χ1) is 10.1. The van der Waals surface area contributed by atoms with Gasteiger partial charge in [-0.15, -0.1) is 0 Å². The summed E-state index contributed by atoms with van der Waals surface area (Å²) in [4.78, 5) is 16.8. The molecule has 0 spiro atoms. The molecule has 2 aromatic rings. The van der Waals surface area contributed by atoms with Crippen LogP contribution in [-0.4, -0.2) is 17.9 Å². The van der Waals surface area contributed by atoms with E-state index in [4.69, 9.17) is 0 Å². The molecule has 21 heavy (non-hydrogen) atoms. The maximum atomic E-state index is 12.4. The molecule has 0 saturated carbocycles. The number of hydrogen-bond donors (Lipinski definition) is 2. The third kappa shape index (κ3) is 4.42. The van der Waals surface area contributed by atoms with Crippen LogP contribution in [0.5, 0.6) is 0 Å². The fraction of sp³-hybridized carbons (Fsp3) is 0.250. The van der Waals surface area contributed by atoms with Gasteiger partial charge in [-0.25, -0.2) is 4.98 Å². The number of rotatable bonds is 5. The van der Waals surface area contributed by atoms with Crippen molar-refractivity contribution in [3.8, 4) is 0 Å². The number of benzene rings is 1. The fourth-order valence-corrected chi connectivity index (χ4v) is 2.33. The minimum Gasteiger partial charge on any atom is -0.373 e. The lowest BCUT2D eigenvalue weighted by molar-refractivity contribution is 0.102. The summed E-state index contributed by atoms with van der Waals surface area (Å²) < 4.78 is 1.14. The van der Waals surface area contributed by atoms with E-state index in [-0.39, 0.29) is 5.91 Å². The molecule has 0 radical (unpaired) electrons. The van der Waals surface area contributed by atoms with Crippen LogP contribution in [0, 0.1) is 3.57 Å². The van der Waals surface area contributed by atoms with Gasteiger partial charge in [-0.1, -0.05) is 13.3 Å². The van der Waals surface area contributed by atoms with Gasteiger partial charge < -0.3 is 10.6 Å². The second kappa shape index (κ2) is 7.40. The van der Waals surface area contributed by atoms with E-state index in [9.17, 15) is 4.79 Å². The second-order valence-corrected chi connectivity index (χ2v) is 5.94. The summed E-state index contributed by atoms with van der Waals surface area (Å²) in [6, 6.07) is 11.3. The average Bonchev–Trinajstić information content (AvgIpc) is 2.49. The minimum atomic E-state index is -0.118. The summed E-state index contributed by atoms with van der Waals surface area (Å²) in [6.07, 6.45) is 1.86. The number of pyridine rings is 1. The number of nitrogens with one attached hydrogen (secondary N) is 2. The molecule has 1 aromatic heterocycles. The Balaban J connectivity index is 2.21. The van der Waals surface area contributed by atoms with Crippen LogP contribution in [0.1, 0.15) is 29.4 Å². The van der Waals surface area contributed by atoms with Crippen molar-refractivity contribution in [3.05, 3.63) is 51.2 Å². The van der Waals surface area contributed by atoms with Gasteiger partial charge in [0.15, 0.2) is 0 Å². The molecule has 0 aliphatic carbocycles. The van der Waals surface area contributed by atoms with Crippen molar-refractivity contribution >= 4 is 40.0 Å². The highest BCUT2D eigenvalue weighted by Crippen LogP contribution is 2.15. The molecule has 1 amide bonds. The monoisotopic (exact) mass is 395 g/mol. The Bertz CT molecular complexity index is 626. The quantitative estimate of drug-likeness (QED) is 0.755. The zero-order valence-corrected chi connectivity index (χ0v) is 14.3. The summed E-state index contributed by atoms with van der Waals surface area (Å²) in [5, 5.41) is 5.91.